The Hall–Kier alpha value is -3.43. The van der Waals surface area contributed by atoms with Crippen LogP contribution in [0.2, 0.25) is 5.02 Å². The van der Waals surface area contributed by atoms with Crippen LogP contribution in [0, 0.1) is 5.82 Å². The molecule has 0 spiro atoms. The van der Waals surface area contributed by atoms with Crippen LogP contribution in [0.5, 0.6) is 0 Å². The molecule has 0 aliphatic rings. The maximum Gasteiger partial charge on any atom is 0.264 e. The minimum atomic E-state index is -4.21. The lowest BCUT2D eigenvalue weighted by Crippen LogP contribution is -2.55. The topological polar surface area (TPSA) is 86.8 Å². The Morgan fingerprint density at radius 2 is 1.54 bits per heavy atom. The van der Waals surface area contributed by atoms with Crippen LogP contribution in [0.3, 0.4) is 0 Å². The van der Waals surface area contributed by atoms with Gasteiger partial charge in [-0.3, -0.25) is 13.9 Å². The number of rotatable bonds is 10. The zero-order valence-electron chi connectivity index (χ0n) is 22.4. The third-order valence-electron chi connectivity index (χ3n) is 5.88. The minimum Gasteiger partial charge on any atom is -0.350 e. The maximum atomic E-state index is 14.0. The van der Waals surface area contributed by atoms with Crippen molar-refractivity contribution in [1.82, 2.24) is 10.2 Å². The van der Waals surface area contributed by atoms with Crippen LogP contribution in [0.1, 0.15) is 39.7 Å². The number of hydrogen-bond donors (Lipinski definition) is 1. The van der Waals surface area contributed by atoms with Crippen molar-refractivity contribution in [3.05, 3.63) is 95.3 Å². The van der Waals surface area contributed by atoms with Gasteiger partial charge in [0.2, 0.25) is 11.8 Å². The second-order valence-electron chi connectivity index (χ2n) is 10.1. The van der Waals surface area contributed by atoms with Gasteiger partial charge in [0.1, 0.15) is 18.4 Å². The summed E-state index contributed by atoms with van der Waals surface area (Å²) in [5.41, 5.74) is 0.155. The molecule has 0 aliphatic carbocycles. The van der Waals surface area contributed by atoms with E-state index in [2.05, 4.69) is 5.32 Å². The predicted molar refractivity (Wildman–Crippen MR) is 151 cm³/mol. The van der Waals surface area contributed by atoms with Crippen LogP contribution in [0.25, 0.3) is 0 Å². The highest BCUT2D eigenvalue weighted by molar-refractivity contribution is 7.92. The van der Waals surface area contributed by atoms with Crippen LogP contribution in [-0.2, 0) is 26.2 Å². The highest BCUT2D eigenvalue weighted by Gasteiger charge is 2.35. The molecule has 3 rings (SSSR count). The predicted octanol–water partition coefficient (Wildman–Crippen LogP) is 5.40. The summed E-state index contributed by atoms with van der Waals surface area (Å²) in [5, 5.41) is 3.05. The lowest BCUT2D eigenvalue weighted by atomic mass is 10.1. The molecule has 0 saturated carbocycles. The third kappa shape index (κ3) is 7.80. The Morgan fingerprint density at radius 1 is 0.949 bits per heavy atom. The number of nitrogens with one attached hydrogen (secondary N) is 1. The lowest BCUT2D eigenvalue weighted by molar-refractivity contribution is -0.141. The van der Waals surface area contributed by atoms with Crippen molar-refractivity contribution in [2.75, 3.05) is 10.8 Å². The molecule has 0 radical (unpaired) electrons. The van der Waals surface area contributed by atoms with E-state index in [1.165, 1.54) is 53.4 Å². The Morgan fingerprint density at radius 3 is 2.10 bits per heavy atom. The summed E-state index contributed by atoms with van der Waals surface area (Å²) in [6, 6.07) is 18.8. The van der Waals surface area contributed by atoms with Gasteiger partial charge in [-0.25, -0.2) is 12.8 Å². The van der Waals surface area contributed by atoms with Gasteiger partial charge in [0.25, 0.3) is 10.0 Å². The lowest BCUT2D eigenvalue weighted by Gasteiger charge is -2.35. The van der Waals surface area contributed by atoms with E-state index in [9.17, 15) is 22.4 Å². The van der Waals surface area contributed by atoms with Gasteiger partial charge in [-0.1, -0.05) is 61.0 Å². The average Bonchev–Trinajstić information content (AvgIpc) is 2.88. The van der Waals surface area contributed by atoms with Gasteiger partial charge in [0.05, 0.1) is 15.6 Å². The first-order chi connectivity index (χ1) is 18.3. The first-order valence-corrected chi connectivity index (χ1v) is 14.3. The van der Waals surface area contributed by atoms with E-state index in [4.69, 9.17) is 11.6 Å². The monoisotopic (exact) mass is 573 g/mol. The van der Waals surface area contributed by atoms with Crippen molar-refractivity contribution in [2.45, 2.75) is 57.1 Å². The van der Waals surface area contributed by atoms with E-state index in [1.54, 1.807) is 37.3 Å². The van der Waals surface area contributed by atoms with Gasteiger partial charge in [0, 0.05) is 12.1 Å². The van der Waals surface area contributed by atoms with Gasteiger partial charge in [0.15, 0.2) is 0 Å². The number of amides is 2. The molecule has 208 valence electrons. The molecular weight excluding hydrogens is 541 g/mol. The number of sulfonamides is 1. The quantitative estimate of drug-likeness (QED) is 0.352. The molecule has 10 heteroatoms. The first-order valence-electron chi connectivity index (χ1n) is 12.5. The molecule has 1 unspecified atom stereocenters. The molecule has 0 aromatic heterocycles. The molecule has 1 N–H and O–H groups in total. The SMILES string of the molecule is CCC(C(=O)NC(C)(C)C)N(Cc1ccc(F)cc1)C(=O)CN(c1ccccc1Cl)S(=O)(=O)c1ccccc1. The molecule has 7 nitrogen and oxygen atoms in total. The van der Waals surface area contributed by atoms with Crippen LogP contribution >= 0.6 is 11.6 Å². The fourth-order valence-corrected chi connectivity index (χ4v) is 5.79. The number of para-hydroxylation sites is 1. The van der Waals surface area contributed by atoms with E-state index >= 15 is 0 Å². The molecular formula is C29H33ClFN3O4S. The molecule has 0 aliphatic heterocycles. The normalized spacial score (nSPS) is 12.5. The standard InChI is InChI=1S/C29H33ClFN3O4S/c1-5-25(28(36)32-29(2,3)4)33(19-21-15-17-22(31)18-16-21)27(35)20-34(26-14-10-9-13-24(26)30)39(37,38)23-11-7-6-8-12-23/h6-18,25H,5,19-20H2,1-4H3,(H,32,36). The Balaban J connectivity index is 2.07. The number of halogens is 2. The second kappa shape index (κ2) is 12.6. The van der Waals surface area contributed by atoms with E-state index < -0.39 is 39.9 Å². The Bertz CT molecular complexity index is 1390. The summed E-state index contributed by atoms with van der Waals surface area (Å²) in [7, 11) is -4.21. The molecule has 0 heterocycles. The van der Waals surface area contributed by atoms with Gasteiger partial charge in [-0.05, 0) is 69.2 Å². The van der Waals surface area contributed by atoms with Crippen molar-refractivity contribution in [3.63, 3.8) is 0 Å². The van der Waals surface area contributed by atoms with Crippen LogP contribution in [0.4, 0.5) is 10.1 Å². The Kier molecular flexibility index (Phi) is 9.74. The van der Waals surface area contributed by atoms with E-state index in [1.807, 2.05) is 20.8 Å². The smallest absolute Gasteiger partial charge is 0.264 e. The fraction of sp³-hybridized carbons (Fsp3) is 0.310. The molecule has 0 bridgehead atoms. The molecule has 1 atom stereocenters. The second-order valence-corrected chi connectivity index (χ2v) is 12.4. The van der Waals surface area contributed by atoms with Crippen LogP contribution < -0.4 is 9.62 Å². The maximum absolute atomic E-state index is 14.0. The van der Waals surface area contributed by atoms with Gasteiger partial charge < -0.3 is 10.2 Å². The zero-order valence-corrected chi connectivity index (χ0v) is 24.0. The summed E-state index contributed by atoms with van der Waals surface area (Å²) in [6.07, 6.45) is 0.270. The van der Waals surface area contributed by atoms with E-state index in [0.29, 0.717) is 5.56 Å². The fourth-order valence-electron chi connectivity index (χ4n) is 4.05. The van der Waals surface area contributed by atoms with Crippen LogP contribution in [0.15, 0.2) is 83.8 Å². The minimum absolute atomic E-state index is 0.0136. The number of carbonyl (C=O) groups is 2. The first kappa shape index (κ1) is 30.1. The zero-order chi connectivity index (χ0) is 28.8. The highest BCUT2D eigenvalue weighted by Crippen LogP contribution is 2.30. The molecule has 2 amide bonds. The highest BCUT2D eigenvalue weighted by atomic mass is 35.5. The Labute approximate surface area is 234 Å². The van der Waals surface area contributed by atoms with Crippen molar-refractivity contribution >= 4 is 39.1 Å². The van der Waals surface area contributed by atoms with Gasteiger partial charge in [-0.15, -0.1) is 0 Å². The van der Waals surface area contributed by atoms with Gasteiger partial charge >= 0.3 is 0 Å². The van der Waals surface area contributed by atoms with Crippen molar-refractivity contribution in [1.29, 1.82) is 0 Å². The van der Waals surface area contributed by atoms with Crippen molar-refractivity contribution in [2.24, 2.45) is 0 Å². The molecule has 3 aromatic carbocycles. The summed E-state index contributed by atoms with van der Waals surface area (Å²) in [4.78, 5) is 28.6. The van der Waals surface area contributed by atoms with E-state index in [-0.39, 0.29) is 34.5 Å². The summed E-state index contributed by atoms with van der Waals surface area (Å²) >= 11 is 6.40. The largest absolute Gasteiger partial charge is 0.350 e. The average molecular weight is 574 g/mol. The number of nitrogens with zero attached hydrogens (tertiary/aromatic N) is 2. The van der Waals surface area contributed by atoms with E-state index in [0.717, 1.165) is 4.31 Å². The van der Waals surface area contributed by atoms with Crippen LogP contribution in [-0.4, -0.2) is 43.3 Å². The summed E-state index contributed by atoms with van der Waals surface area (Å²) in [6.45, 7) is 6.61. The summed E-state index contributed by atoms with van der Waals surface area (Å²) in [5.74, 6) is -1.43. The van der Waals surface area contributed by atoms with Crippen molar-refractivity contribution < 1.29 is 22.4 Å². The number of benzene rings is 3. The third-order valence-corrected chi connectivity index (χ3v) is 7.98. The number of carbonyl (C=O) groups excluding carboxylic acids is 2. The molecule has 39 heavy (non-hydrogen) atoms. The summed E-state index contributed by atoms with van der Waals surface area (Å²) < 4.78 is 42.1. The van der Waals surface area contributed by atoms with Gasteiger partial charge in [-0.2, -0.15) is 0 Å². The number of anilines is 1. The molecule has 0 fully saturated rings. The number of hydrogen-bond acceptors (Lipinski definition) is 4. The molecule has 0 saturated heterocycles. The molecule has 3 aromatic rings. The van der Waals surface area contributed by atoms with Crippen molar-refractivity contribution in [3.8, 4) is 0 Å².